The van der Waals surface area contributed by atoms with Crippen LogP contribution in [-0.4, -0.2) is 23.1 Å². The van der Waals surface area contributed by atoms with Gasteiger partial charge < -0.3 is 5.11 Å². The van der Waals surface area contributed by atoms with Crippen LogP contribution in [0.4, 0.5) is 0 Å². The van der Waals surface area contributed by atoms with Crippen molar-refractivity contribution in [2.75, 3.05) is 0 Å². The van der Waals surface area contributed by atoms with Gasteiger partial charge in [-0.05, 0) is 24.1 Å². The van der Waals surface area contributed by atoms with Crippen LogP contribution in [0, 0.1) is 0 Å². The molecule has 0 aliphatic heterocycles. The quantitative estimate of drug-likeness (QED) is 0.644. The summed E-state index contributed by atoms with van der Waals surface area (Å²) in [5.74, 6) is -1.31. The number of alkyl halides is 1. The first-order valence-electron chi connectivity index (χ1n) is 4.90. The Morgan fingerprint density at radius 3 is 2.59 bits per heavy atom. The number of carboxylic acid groups (broad SMARTS) is 1. The number of aldehydes is 1. The molecule has 90 valence electrons. The van der Waals surface area contributed by atoms with E-state index in [1.165, 1.54) is 25.1 Å². The van der Waals surface area contributed by atoms with E-state index in [-0.39, 0.29) is 12.2 Å². The Bertz CT molecular complexity index is 468. The van der Waals surface area contributed by atoms with E-state index < -0.39 is 11.3 Å². The third kappa shape index (κ3) is 3.39. The fourth-order valence-corrected chi connectivity index (χ4v) is 1.69. The van der Waals surface area contributed by atoms with Crippen LogP contribution in [0.5, 0.6) is 0 Å². The van der Waals surface area contributed by atoms with Crippen molar-refractivity contribution in [3.63, 3.8) is 0 Å². The summed E-state index contributed by atoms with van der Waals surface area (Å²) in [5.41, 5.74) is 1.18. The fraction of sp³-hybridized carbons (Fsp3) is 0.250. The van der Waals surface area contributed by atoms with E-state index >= 15 is 0 Å². The van der Waals surface area contributed by atoms with Gasteiger partial charge in [0.15, 0.2) is 5.78 Å². The molecule has 0 aliphatic carbocycles. The van der Waals surface area contributed by atoms with Crippen LogP contribution in [0.2, 0.25) is 0 Å². The van der Waals surface area contributed by atoms with Gasteiger partial charge in [-0.15, -0.1) is 11.6 Å². The highest BCUT2D eigenvalue weighted by Gasteiger charge is 2.18. The van der Waals surface area contributed by atoms with E-state index in [9.17, 15) is 14.4 Å². The third-order valence-electron chi connectivity index (χ3n) is 2.27. The molecule has 0 saturated carbocycles. The largest absolute Gasteiger partial charge is 0.481 e. The summed E-state index contributed by atoms with van der Waals surface area (Å²) in [6.07, 6.45) is 0.347. The summed E-state index contributed by atoms with van der Waals surface area (Å²) in [6, 6.07) is 4.46. The Labute approximate surface area is 103 Å². The molecule has 0 saturated heterocycles. The summed E-state index contributed by atoms with van der Waals surface area (Å²) in [5, 5.41) is 7.87. The average molecular weight is 255 g/mol. The van der Waals surface area contributed by atoms with Crippen molar-refractivity contribution in [1.29, 1.82) is 0 Å². The lowest BCUT2D eigenvalue weighted by atomic mass is 9.97. The highest BCUT2D eigenvalue weighted by Crippen LogP contribution is 2.26. The lowest BCUT2D eigenvalue weighted by Gasteiger charge is -2.11. The monoisotopic (exact) mass is 254 g/mol. The minimum Gasteiger partial charge on any atom is -0.481 e. The van der Waals surface area contributed by atoms with Crippen LogP contribution < -0.4 is 0 Å². The number of benzene rings is 1. The van der Waals surface area contributed by atoms with E-state index in [0.717, 1.165) is 0 Å². The number of carbonyl (C=O) groups is 3. The standard InChI is InChI=1S/C12H11ClO4/c1-7(15)12(13)10-3-2-8(6-14)4-9(10)5-11(16)17/h2-4,6,12H,5H2,1H3,(H,16,17). The molecule has 0 amide bonds. The Morgan fingerprint density at radius 2 is 2.12 bits per heavy atom. The smallest absolute Gasteiger partial charge is 0.307 e. The van der Waals surface area contributed by atoms with Crippen LogP contribution in [-0.2, 0) is 16.0 Å². The predicted octanol–water partition coefficient (Wildman–Crippen LogP) is 2.00. The Hall–Kier alpha value is -1.68. The van der Waals surface area contributed by atoms with Gasteiger partial charge in [-0.1, -0.05) is 12.1 Å². The van der Waals surface area contributed by atoms with Gasteiger partial charge in [-0.2, -0.15) is 0 Å². The highest BCUT2D eigenvalue weighted by molar-refractivity contribution is 6.31. The fourth-order valence-electron chi connectivity index (χ4n) is 1.48. The number of rotatable bonds is 5. The second kappa shape index (κ2) is 5.59. The molecule has 0 aromatic heterocycles. The summed E-state index contributed by atoms with van der Waals surface area (Å²) in [4.78, 5) is 32.5. The van der Waals surface area contributed by atoms with E-state index in [1.54, 1.807) is 0 Å². The first kappa shape index (κ1) is 13.4. The second-order valence-corrected chi connectivity index (χ2v) is 4.06. The number of hydrogen-bond acceptors (Lipinski definition) is 3. The Balaban J connectivity index is 3.23. The zero-order chi connectivity index (χ0) is 13.0. The molecular weight excluding hydrogens is 244 g/mol. The first-order valence-corrected chi connectivity index (χ1v) is 5.33. The van der Waals surface area contributed by atoms with E-state index in [0.29, 0.717) is 23.0 Å². The molecule has 0 bridgehead atoms. The lowest BCUT2D eigenvalue weighted by molar-refractivity contribution is -0.136. The van der Waals surface area contributed by atoms with Gasteiger partial charge >= 0.3 is 5.97 Å². The minimum atomic E-state index is -1.04. The van der Waals surface area contributed by atoms with Crippen LogP contribution in [0.1, 0.15) is 33.8 Å². The van der Waals surface area contributed by atoms with Gasteiger partial charge in [-0.3, -0.25) is 14.4 Å². The maximum Gasteiger partial charge on any atom is 0.307 e. The zero-order valence-electron chi connectivity index (χ0n) is 9.14. The third-order valence-corrected chi connectivity index (χ3v) is 2.82. The topological polar surface area (TPSA) is 71.4 Å². The van der Waals surface area contributed by atoms with Crippen LogP contribution in [0.3, 0.4) is 0 Å². The Morgan fingerprint density at radius 1 is 1.47 bits per heavy atom. The number of ketones is 1. The number of halogens is 1. The molecule has 1 atom stereocenters. The van der Waals surface area contributed by atoms with E-state index in [1.807, 2.05) is 0 Å². The van der Waals surface area contributed by atoms with Gasteiger partial charge in [0.1, 0.15) is 11.7 Å². The van der Waals surface area contributed by atoms with E-state index in [2.05, 4.69) is 0 Å². The SMILES string of the molecule is CC(=O)C(Cl)c1ccc(C=O)cc1CC(=O)O. The first-order chi connectivity index (χ1) is 7.95. The van der Waals surface area contributed by atoms with Crippen molar-refractivity contribution in [2.45, 2.75) is 18.7 Å². The molecule has 5 heteroatoms. The molecule has 0 spiro atoms. The van der Waals surface area contributed by atoms with Crippen LogP contribution >= 0.6 is 11.6 Å². The van der Waals surface area contributed by atoms with Gasteiger partial charge in [0, 0.05) is 5.56 Å². The van der Waals surface area contributed by atoms with Crippen LogP contribution in [0.25, 0.3) is 0 Å². The molecule has 1 unspecified atom stereocenters. The normalized spacial score (nSPS) is 11.9. The molecule has 1 aromatic rings. The zero-order valence-corrected chi connectivity index (χ0v) is 9.90. The summed E-state index contributed by atoms with van der Waals surface area (Å²) in [6.45, 7) is 1.33. The minimum absolute atomic E-state index is 0.267. The Kier molecular flexibility index (Phi) is 4.40. The second-order valence-electron chi connectivity index (χ2n) is 3.62. The number of carboxylic acids is 1. The molecule has 1 N–H and O–H groups in total. The number of Topliss-reactive ketones (excluding diaryl/α,β-unsaturated/α-hetero) is 1. The maximum absolute atomic E-state index is 11.2. The predicted molar refractivity (Wildman–Crippen MR) is 62.4 cm³/mol. The van der Waals surface area contributed by atoms with Gasteiger partial charge in [0.25, 0.3) is 0 Å². The summed E-state index contributed by atoms with van der Waals surface area (Å²) in [7, 11) is 0. The molecule has 0 fully saturated rings. The molecule has 1 rings (SSSR count). The lowest BCUT2D eigenvalue weighted by Crippen LogP contribution is -2.09. The highest BCUT2D eigenvalue weighted by atomic mass is 35.5. The number of hydrogen-bond donors (Lipinski definition) is 1. The van der Waals surface area contributed by atoms with Crippen LogP contribution in [0.15, 0.2) is 18.2 Å². The van der Waals surface area contributed by atoms with Crippen molar-refractivity contribution in [2.24, 2.45) is 0 Å². The number of carbonyl (C=O) groups excluding carboxylic acids is 2. The molecule has 17 heavy (non-hydrogen) atoms. The summed E-state index contributed by atoms with van der Waals surface area (Å²) >= 11 is 5.89. The van der Waals surface area contributed by atoms with Crippen molar-refractivity contribution < 1.29 is 19.5 Å². The summed E-state index contributed by atoms with van der Waals surface area (Å²) < 4.78 is 0. The molecule has 4 nitrogen and oxygen atoms in total. The molecule has 0 aliphatic rings. The van der Waals surface area contributed by atoms with Gasteiger partial charge in [0.05, 0.1) is 6.42 Å². The molecule has 1 aromatic carbocycles. The number of aliphatic carboxylic acids is 1. The molecule has 0 radical (unpaired) electrons. The van der Waals surface area contributed by atoms with Crippen molar-refractivity contribution >= 4 is 29.6 Å². The molecule has 0 heterocycles. The van der Waals surface area contributed by atoms with Gasteiger partial charge in [0.2, 0.25) is 0 Å². The molecular formula is C12H11ClO4. The maximum atomic E-state index is 11.2. The average Bonchev–Trinajstić information content (AvgIpc) is 2.27. The van der Waals surface area contributed by atoms with E-state index in [4.69, 9.17) is 16.7 Å². The van der Waals surface area contributed by atoms with Gasteiger partial charge in [-0.25, -0.2) is 0 Å². The van der Waals surface area contributed by atoms with Crippen molar-refractivity contribution in [1.82, 2.24) is 0 Å². The van der Waals surface area contributed by atoms with Crippen molar-refractivity contribution in [3.8, 4) is 0 Å². The van der Waals surface area contributed by atoms with Crippen molar-refractivity contribution in [3.05, 3.63) is 34.9 Å².